The molecule has 1 heterocycles. The van der Waals surface area contributed by atoms with Gasteiger partial charge in [-0.2, -0.15) is 0 Å². The van der Waals surface area contributed by atoms with Gasteiger partial charge in [-0.25, -0.2) is 9.59 Å². The molecule has 0 fully saturated rings. The van der Waals surface area contributed by atoms with E-state index in [0.29, 0.717) is 11.3 Å². The molecule has 1 amide bonds. The number of nitrogens with one attached hydrogen (secondary N) is 1. The van der Waals surface area contributed by atoms with E-state index in [1.54, 1.807) is 18.2 Å². The summed E-state index contributed by atoms with van der Waals surface area (Å²) in [5.74, 6) is -0.699. The number of rotatable bonds is 9. The van der Waals surface area contributed by atoms with Gasteiger partial charge in [-0.05, 0) is 30.2 Å². The van der Waals surface area contributed by atoms with Gasteiger partial charge in [0.25, 0.3) is 5.91 Å². The van der Waals surface area contributed by atoms with E-state index in [4.69, 9.17) is 13.9 Å². The number of hydrogen-bond donors (Lipinski definition) is 1. The van der Waals surface area contributed by atoms with Gasteiger partial charge in [0.1, 0.15) is 11.3 Å². The Labute approximate surface area is 173 Å². The molecular formula is C23H23NO6. The van der Waals surface area contributed by atoms with Crippen molar-refractivity contribution in [2.24, 2.45) is 0 Å². The van der Waals surface area contributed by atoms with Crippen molar-refractivity contribution >= 4 is 22.8 Å². The van der Waals surface area contributed by atoms with Crippen LogP contribution >= 0.6 is 0 Å². The molecule has 1 unspecified atom stereocenters. The average Bonchev–Trinajstić information content (AvgIpc) is 2.76. The highest BCUT2D eigenvalue weighted by Crippen LogP contribution is 2.20. The molecule has 7 heteroatoms. The maximum atomic E-state index is 12.2. The molecule has 30 heavy (non-hydrogen) atoms. The van der Waals surface area contributed by atoms with E-state index < -0.39 is 11.6 Å². The molecule has 3 aromatic rings. The highest BCUT2D eigenvalue weighted by atomic mass is 16.6. The third-order valence-corrected chi connectivity index (χ3v) is 4.43. The van der Waals surface area contributed by atoms with Gasteiger partial charge < -0.3 is 19.2 Å². The van der Waals surface area contributed by atoms with Crippen molar-refractivity contribution in [3.05, 3.63) is 76.6 Å². The van der Waals surface area contributed by atoms with Crippen molar-refractivity contribution in [1.82, 2.24) is 5.32 Å². The predicted molar refractivity (Wildman–Crippen MR) is 111 cm³/mol. The largest absolute Gasteiger partial charge is 0.482 e. The maximum Gasteiger partial charge on any atom is 0.344 e. The predicted octanol–water partition coefficient (Wildman–Crippen LogP) is 3.37. The minimum Gasteiger partial charge on any atom is -0.482 e. The molecule has 2 aromatic carbocycles. The van der Waals surface area contributed by atoms with Crippen molar-refractivity contribution in [2.75, 3.05) is 13.2 Å². The normalized spacial score (nSPS) is 11.6. The summed E-state index contributed by atoms with van der Waals surface area (Å²) in [5.41, 5.74) is 0.892. The third kappa shape index (κ3) is 5.94. The number of ether oxygens (including phenoxy) is 2. The summed E-state index contributed by atoms with van der Waals surface area (Å²) in [7, 11) is 0. The molecule has 0 spiro atoms. The summed E-state index contributed by atoms with van der Waals surface area (Å²) in [6, 6.07) is 17.4. The van der Waals surface area contributed by atoms with Gasteiger partial charge in [-0.15, -0.1) is 0 Å². The molecule has 0 bridgehead atoms. The SMILES string of the molecule is CCCC(NC(=O)COC(=O)COc1ccc2ccc(=O)oc2c1)c1ccccc1. The standard InChI is InChI=1S/C23H23NO6/c1-2-6-19(16-7-4-3-5-8-16)24-21(25)14-29-23(27)15-28-18-11-9-17-10-12-22(26)30-20(17)13-18/h3-5,7-13,19H,2,6,14-15H2,1H3,(H,24,25). The average molecular weight is 409 g/mol. The summed E-state index contributed by atoms with van der Waals surface area (Å²) in [5, 5.41) is 3.63. The molecule has 1 N–H and O–H groups in total. The molecule has 0 aliphatic heterocycles. The molecule has 3 rings (SSSR count). The molecule has 156 valence electrons. The molecule has 1 aromatic heterocycles. The van der Waals surface area contributed by atoms with Crippen LogP contribution < -0.4 is 15.7 Å². The number of benzene rings is 2. The lowest BCUT2D eigenvalue weighted by molar-refractivity contribution is -0.150. The van der Waals surface area contributed by atoms with Crippen molar-refractivity contribution in [2.45, 2.75) is 25.8 Å². The zero-order chi connectivity index (χ0) is 21.3. The van der Waals surface area contributed by atoms with Crippen LogP contribution in [0.2, 0.25) is 0 Å². The van der Waals surface area contributed by atoms with Gasteiger partial charge >= 0.3 is 11.6 Å². The van der Waals surface area contributed by atoms with E-state index in [2.05, 4.69) is 5.32 Å². The van der Waals surface area contributed by atoms with E-state index in [0.717, 1.165) is 23.8 Å². The Balaban J connectivity index is 1.48. The summed E-state index contributed by atoms with van der Waals surface area (Å²) in [6.07, 6.45) is 1.68. The first-order valence-electron chi connectivity index (χ1n) is 9.72. The molecule has 0 aliphatic carbocycles. The summed E-state index contributed by atoms with van der Waals surface area (Å²) >= 11 is 0. The minimum absolute atomic E-state index is 0.133. The van der Waals surface area contributed by atoms with Crippen molar-refractivity contribution in [3.63, 3.8) is 0 Å². The van der Waals surface area contributed by atoms with Crippen LogP contribution in [0, 0.1) is 0 Å². The number of fused-ring (bicyclic) bond motifs is 1. The van der Waals surface area contributed by atoms with Crippen molar-refractivity contribution < 1.29 is 23.5 Å². The second kappa shape index (κ2) is 10.2. The van der Waals surface area contributed by atoms with E-state index in [-0.39, 0.29) is 25.2 Å². The van der Waals surface area contributed by atoms with Crippen LogP contribution in [0.1, 0.15) is 31.4 Å². The lowest BCUT2D eigenvalue weighted by Gasteiger charge is -2.18. The number of amides is 1. The molecular weight excluding hydrogens is 386 g/mol. The number of carbonyl (C=O) groups is 2. The smallest absolute Gasteiger partial charge is 0.344 e. The van der Waals surface area contributed by atoms with Crippen LogP contribution in [0.25, 0.3) is 11.0 Å². The third-order valence-electron chi connectivity index (χ3n) is 4.43. The molecule has 0 aliphatic rings. The Morgan fingerprint density at radius 2 is 1.80 bits per heavy atom. The Morgan fingerprint density at radius 3 is 2.57 bits per heavy atom. The zero-order valence-corrected chi connectivity index (χ0v) is 16.6. The Hall–Kier alpha value is -3.61. The van der Waals surface area contributed by atoms with Gasteiger partial charge in [0.2, 0.25) is 0 Å². The summed E-state index contributed by atoms with van der Waals surface area (Å²) < 4.78 is 15.4. The lowest BCUT2D eigenvalue weighted by atomic mass is 10.0. The Morgan fingerprint density at radius 1 is 1.03 bits per heavy atom. The van der Waals surface area contributed by atoms with E-state index >= 15 is 0 Å². The first-order valence-corrected chi connectivity index (χ1v) is 9.72. The van der Waals surface area contributed by atoms with Crippen LogP contribution in [0.4, 0.5) is 0 Å². The molecule has 1 atom stereocenters. The Bertz CT molecular complexity index is 1060. The minimum atomic E-state index is -0.675. The maximum absolute atomic E-state index is 12.2. The summed E-state index contributed by atoms with van der Waals surface area (Å²) in [6.45, 7) is 1.28. The summed E-state index contributed by atoms with van der Waals surface area (Å²) in [4.78, 5) is 35.4. The van der Waals surface area contributed by atoms with E-state index in [1.807, 2.05) is 37.3 Å². The monoisotopic (exact) mass is 409 g/mol. The molecule has 7 nitrogen and oxygen atoms in total. The van der Waals surface area contributed by atoms with Crippen LogP contribution in [-0.2, 0) is 14.3 Å². The van der Waals surface area contributed by atoms with Gasteiger partial charge in [0, 0.05) is 17.5 Å². The zero-order valence-electron chi connectivity index (χ0n) is 16.6. The number of carbonyl (C=O) groups excluding carboxylic acids is 2. The second-order valence-electron chi connectivity index (χ2n) is 6.72. The topological polar surface area (TPSA) is 94.8 Å². The van der Waals surface area contributed by atoms with Crippen LogP contribution in [0.3, 0.4) is 0 Å². The van der Waals surface area contributed by atoms with Crippen LogP contribution in [-0.4, -0.2) is 25.1 Å². The number of hydrogen-bond acceptors (Lipinski definition) is 6. The fourth-order valence-corrected chi connectivity index (χ4v) is 2.99. The van der Waals surface area contributed by atoms with Gasteiger partial charge in [0.15, 0.2) is 13.2 Å². The first-order chi connectivity index (χ1) is 14.5. The quantitative estimate of drug-likeness (QED) is 0.430. The van der Waals surface area contributed by atoms with Crippen LogP contribution in [0.5, 0.6) is 5.75 Å². The number of esters is 1. The van der Waals surface area contributed by atoms with E-state index in [1.165, 1.54) is 12.1 Å². The fraction of sp³-hybridized carbons (Fsp3) is 0.261. The molecule has 0 saturated carbocycles. The van der Waals surface area contributed by atoms with Crippen molar-refractivity contribution in [1.29, 1.82) is 0 Å². The van der Waals surface area contributed by atoms with Gasteiger partial charge in [0.05, 0.1) is 6.04 Å². The second-order valence-corrected chi connectivity index (χ2v) is 6.72. The first kappa shape index (κ1) is 21.1. The fourth-order valence-electron chi connectivity index (χ4n) is 2.99. The van der Waals surface area contributed by atoms with E-state index in [9.17, 15) is 14.4 Å². The van der Waals surface area contributed by atoms with Crippen LogP contribution in [0.15, 0.2) is 69.9 Å². The lowest BCUT2D eigenvalue weighted by Crippen LogP contribution is -2.33. The van der Waals surface area contributed by atoms with Gasteiger partial charge in [-0.1, -0.05) is 43.7 Å². The highest BCUT2D eigenvalue weighted by molar-refractivity contribution is 5.81. The highest BCUT2D eigenvalue weighted by Gasteiger charge is 2.15. The molecule has 0 saturated heterocycles. The Kier molecular flexibility index (Phi) is 7.21. The molecule has 0 radical (unpaired) electrons. The van der Waals surface area contributed by atoms with Gasteiger partial charge in [-0.3, -0.25) is 4.79 Å². The van der Waals surface area contributed by atoms with Crippen molar-refractivity contribution in [3.8, 4) is 5.75 Å².